The Labute approximate surface area is 207 Å². The van der Waals surface area contributed by atoms with Crippen molar-refractivity contribution in [2.45, 2.75) is 25.4 Å². The van der Waals surface area contributed by atoms with Gasteiger partial charge in [-0.25, -0.2) is 14.4 Å². The third kappa shape index (κ3) is 6.11. The Kier molecular flexibility index (Phi) is 7.87. The molecule has 4 rings (SSSR count). The van der Waals surface area contributed by atoms with Crippen molar-refractivity contribution in [1.29, 1.82) is 0 Å². The number of hydroxylamine groups is 1. The number of nitrogens with one attached hydrogen (secondary N) is 1. The standard InChI is InChI=1S/C23H23N5O5S2/c29-20-8-6-16(7-9-20)12-18(13-22(30)25-31)28-19(14-24-26-28)15-27(35(32)33)23-11-10-21(34-23)17-4-2-1-3-5-17/h1-11,14,18,29,31H,12-13,15H2,(H,25,30)(H,32,33)/t18-/m1/s1. The first-order valence-corrected chi connectivity index (χ1v) is 12.5. The summed E-state index contributed by atoms with van der Waals surface area (Å²) in [7, 11) is 0. The normalized spacial score (nSPS) is 12.7. The van der Waals surface area contributed by atoms with Crippen LogP contribution >= 0.6 is 11.3 Å². The Bertz CT molecular complexity index is 1290. The Hall–Kier alpha value is -3.58. The maximum Gasteiger partial charge on any atom is 0.262 e. The van der Waals surface area contributed by atoms with Crippen LogP contribution in [0.2, 0.25) is 0 Å². The van der Waals surface area contributed by atoms with E-state index < -0.39 is 23.2 Å². The summed E-state index contributed by atoms with van der Waals surface area (Å²) >= 11 is -0.950. The molecule has 0 aliphatic rings. The zero-order valence-electron chi connectivity index (χ0n) is 18.4. The molecule has 2 atom stereocenters. The van der Waals surface area contributed by atoms with E-state index in [4.69, 9.17) is 5.21 Å². The molecule has 10 nitrogen and oxygen atoms in total. The van der Waals surface area contributed by atoms with Crippen molar-refractivity contribution >= 4 is 33.5 Å². The summed E-state index contributed by atoms with van der Waals surface area (Å²) in [5.41, 5.74) is 3.98. The number of rotatable bonds is 10. The maximum absolute atomic E-state index is 12.3. The molecule has 2 aromatic carbocycles. The number of amides is 1. The third-order valence-electron chi connectivity index (χ3n) is 5.34. The van der Waals surface area contributed by atoms with Crippen molar-refractivity contribution in [3.05, 3.63) is 84.2 Å². The van der Waals surface area contributed by atoms with Crippen LogP contribution in [-0.4, -0.2) is 40.0 Å². The predicted octanol–water partition coefficient (Wildman–Crippen LogP) is 3.53. The molecule has 0 saturated carbocycles. The molecular weight excluding hydrogens is 490 g/mol. The molecule has 0 saturated heterocycles. The quantitative estimate of drug-likeness (QED) is 0.144. The lowest BCUT2D eigenvalue weighted by molar-refractivity contribution is -0.130. The fourth-order valence-electron chi connectivity index (χ4n) is 3.67. The van der Waals surface area contributed by atoms with Crippen LogP contribution in [0.5, 0.6) is 5.75 Å². The van der Waals surface area contributed by atoms with E-state index >= 15 is 0 Å². The molecule has 0 aliphatic heterocycles. The second-order valence-electron chi connectivity index (χ2n) is 7.70. The fraction of sp³-hybridized carbons (Fsp3) is 0.174. The van der Waals surface area contributed by atoms with Crippen molar-refractivity contribution in [3.63, 3.8) is 0 Å². The SMILES string of the molecule is O=C(C[C@@H](Cc1ccc(O)cc1)n1nncc1CN(c1ccc(-c2ccccc2)s1)S(=O)O)NO. The van der Waals surface area contributed by atoms with E-state index in [1.807, 2.05) is 36.4 Å². The highest BCUT2D eigenvalue weighted by Gasteiger charge is 2.24. The van der Waals surface area contributed by atoms with Crippen LogP contribution in [0.4, 0.5) is 5.00 Å². The van der Waals surface area contributed by atoms with Crippen molar-refractivity contribution in [1.82, 2.24) is 20.5 Å². The van der Waals surface area contributed by atoms with Crippen LogP contribution in [0.3, 0.4) is 0 Å². The number of phenols is 1. The minimum absolute atomic E-state index is 0.0116. The number of thiophene rings is 1. The molecule has 35 heavy (non-hydrogen) atoms. The Balaban J connectivity index is 1.60. The van der Waals surface area contributed by atoms with Crippen molar-refractivity contribution in [3.8, 4) is 16.2 Å². The van der Waals surface area contributed by atoms with Crippen LogP contribution in [0, 0.1) is 0 Å². The summed E-state index contributed by atoms with van der Waals surface area (Å²) in [6.45, 7) is 0.0116. The molecule has 182 valence electrons. The fourth-order valence-corrected chi connectivity index (χ4v) is 5.35. The highest BCUT2D eigenvalue weighted by Crippen LogP contribution is 2.35. The van der Waals surface area contributed by atoms with Gasteiger partial charge < -0.3 is 5.11 Å². The molecule has 0 aliphatic carbocycles. The first-order valence-electron chi connectivity index (χ1n) is 10.6. The average Bonchev–Trinajstić information content (AvgIpc) is 3.53. The van der Waals surface area contributed by atoms with Gasteiger partial charge in [-0.05, 0) is 41.8 Å². The molecule has 0 radical (unpaired) electrons. The Morgan fingerprint density at radius 3 is 2.54 bits per heavy atom. The number of hydrogen-bond donors (Lipinski definition) is 4. The lowest BCUT2D eigenvalue weighted by Gasteiger charge is -2.22. The first-order chi connectivity index (χ1) is 16.9. The van der Waals surface area contributed by atoms with Crippen molar-refractivity contribution in [2.75, 3.05) is 4.31 Å². The number of phenolic OH excluding ortho intramolecular Hbond substituents is 1. The van der Waals surface area contributed by atoms with Gasteiger partial charge in [0.05, 0.1) is 30.9 Å². The van der Waals surface area contributed by atoms with Gasteiger partial charge in [0.2, 0.25) is 5.91 Å². The molecular formula is C23H23N5O5S2. The van der Waals surface area contributed by atoms with Crippen LogP contribution in [-0.2, 0) is 29.0 Å². The van der Waals surface area contributed by atoms with Crippen molar-refractivity contribution < 1.29 is 23.9 Å². The summed E-state index contributed by atoms with van der Waals surface area (Å²) < 4.78 is 25.2. The largest absolute Gasteiger partial charge is 0.508 e. The molecule has 2 heterocycles. The van der Waals surface area contributed by atoms with Gasteiger partial charge in [-0.1, -0.05) is 47.7 Å². The van der Waals surface area contributed by atoms with E-state index in [0.29, 0.717) is 17.1 Å². The summed E-state index contributed by atoms with van der Waals surface area (Å²) in [4.78, 5) is 13.0. The smallest absolute Gasteiger partial charge is 0.262 e. The molecule has 12 heteroatoms. The number of nitrogens with zero attached hydrogens (tertiary/aromatic N) is 4. The van der Waals surface area contributed by atoms with Gasteiger partial charge in [-0.2, -0.15) is 0 Å². The summed E-state index contributed by atoms with van der Waals surface area (Å²) in [6.07, 6.45) is 1.72. The van der Waals surface area contributed by atoms with E-state index in [-0.39, 0.29) is 18.7 Å². The summed E-state index contributed by atoms with van der Waals surface area (Å²) in [5.74, 6) is -0.490. The predicted molar refractivity (Wildman–Crippen MR) is 132 cm³/mol. The third-order valence-corrected chi connectivity index (χ3v) is 7.31. The summed E-state index contributed by atoms with van der Waals surface area (Å²) in [5, 5.41) is 27.3. The topological polar surface area (TPSA) is 141 Å². The van der Waals surface area contributed by atoms with Crippen LogP contribution in [0.1, 0.15) is 23.7 Å². The lowest BCUT2D eigenvalue weighted by atomic mass is 10.0. The molecule has 4 N–H and O–H groups in total. The van der Waals surface area contributed by atoms with Crippen LogP contribution in [0.25, 0.3) is 10.4 Å². The molecule has 0 fully saturated rings. The maximum atomic E-state index is 12.3. The minimum atomic E-state index is -2.33. The molecule has 1 unspecified atom stereocenters. The van der Waals surface area contributed by atoms with E-state index in [2.05, 4.69) is 10.3 Å². The van der Waals surface area contributed by atoms with Crippen LogP contribution < -0.4 is 9.79 Å². The van der Waals surface area contributed by atoms with E-state index in [9.17, 15) is 18.7 Å². The molecule has 0 spiro atoms. The van der Waals surface area contributed by atoms with Gasteiger partial charge in [-0.15, -0.1) is 16.4 Å². The minimum Gasteiger partial charge on any atom is -0.508 e. The monoisotopic (exact) mass is 513 g/mol. The average molecular weight is 514 g/mol. The number of carbonyl (C=O) groups is 1. The van der Waals surface area contributed by atoms with Gasteiger partial charge in [-0.3, -0.25) is 18.9 Å². The number of benzene rings is 2. The van der Waals surface area contributed by atoms with Gasteiger partial charge in [0.1, 0.15) is 10.8 Å². The zero-order chi connectivity index (χ0) is 24.8. The zero-order valence-corrected chi connectivity index (χ0v) is 20.0. The molecule has 1 amide bonds. The van der Waals surface area contributed by atoms with Crippen LogP contribution in [0.15, 0.2) is 72.9 Å². The van der Waals surface area contributed by atoms with Crippen molar-refractivity contribution in [2.24, 2.45) is 0 Å². The number of carbonyl (C=O) groups excluding carboxylic acids is 1. The number of aromatic hydroxyl groups is 1. The molecule has 2 aromatic heterocycles. The van der Waals surface area contributed by atoms with E-state index in [1.165, 1.54) is 26.5 Å². The van der Waals surface area contributed by atoms with Gasteiger partial charge in [0.15, 0.2) is 0 Å². The molecule has 0 bridgehead atoms. The second kappa shape index (κ2) is 11.2. The number of aromatic nitrogens is 3. The van der Waals surface area contributed by atoms with Gasteiger partial charge in [0.25, 0.3) is 11.3 Å². The van der Waals surface area contributed by atoms with E-state index in [0.717, 1.165) is 16.0 Å². The number of anilines is 1. The van der Waals surface area contributed by atoms with Gasteiger partial charge in [0, 0.05) is 4.88 Å². The highest BCUT2D eigenvalue weighted by molar-refractivity contribution is 7.81. The van der Waals surface area contributed by atoms with Gasteiger partial charge >= 0.3 is 0 Å². The first kappa shape index (κ1) is 24.5. The summed E-state index contributed by atoms with van der Waals surface area (Å²) in [6, 6.07) is 19.4. The molecule has 4 aromatic rings. The highest BCUT2D eigenvalue weighted by atomic mass is 32.2. The Morgan fingerprint density at radius 1 is 1.11 bits per heavy atom. The lowest BCUT2D eigenvalue weighted by Crippen LogP contribution is -2.29. The van der Waals surface area contributed by atoms with E-state index in [1.54, 1.807) is 35.8 Å². The second-order valence-corrected chi connectivity index (χ2v) is 9.67. The Morgan fingerprint density at radius 2 is 1.86 bits per heavy atom. The number of hydrogen-bond acceptors (Lipinski definition) is 7.